The standard InChI is InChI=1S/C13H7F2NO/c14-10-5-9(6-11(15)7-10)12-3-1-2-4-13(12)16-8-17/h1-7H. The summed E-state index contributed by atoms with van der Waals surface area (Å²) in [5.74, 6) is -1.35. The first kappa shape index (κ1) is 11.2. The maximum Gasteiger partial charge on any atom is 0.240 e. The third kappa shape index (κ3) is 2.44. The molecule has 0 aromatic heterocycles. The van der Waals surface area contributed by atoms with E-state index in [-0.39, 0.29) is 0 Å². The number of rotatable bonds is 2. The second-order valence-electron chi connectivity index (χ2n) is 3.38. The molecule has 2 aromatic rings. The van der Waals surface area contributed by atoms with Gasteiger partial charge in [0.15, 0.2) is 0 Å². The molecule has 0 heterocycles. The molecule has 0 amide bonds. The molecule has 0 aliphatic rings. The third-order valence-electron chi connectivity index (χ3n) is 2.24. The van der Waals surface area contributed by atoms with Crippen molar-refractivity contribution in [2.24, 2.45) is 4.99 Å². The van der Waals surface area contributed by atoms with E-state index in [4.69, 9.17) is 0 Å². The second kappa shape index (κ2) is 4.68. The van der Waals surface area contributed by atoms with E-state index in [2.05, 4.69) is 4.99 Å². The zero-order chi connectivity index (χ0) is 12.3. The van der Waals surface area contributed by atoms with Crippen molar-refractivity contribution in [1.82, 2.24) is 0 Å². The number of hydrogen-bond acceptors (Lipinski definition) is 2. The van der Waals surface area contributed by atoms with E-state index in [1.165, 1.54) is 18.2 Å². The minimum atomic E-state index is -0.676. The highest BCUT2D eigenvalue weighted by molar-refractivity contribution is 5.77. The van der Waals surface area contributed by atoms with Gasteiger partial charge in [0.05, 0.1) is 5.69 Å². The zero-order valence-corrected chi connectivity index (χ0v) is 8.65. The molecule has 4 heteroatoms. The molecule has 0 fully saturated rings. The Morgan fingerprint density at radius 1 is 1.00 bits per heavy atom. The lowest BCUT2D eigenvalue weighted by atomic mass is 10.0. The monoisotopic (exact) mass is 231 g/mol. The highest BCUT2D eigenvalue weighted by Gasteiger charge is 2.07. The van der Waals surface area contributed by atoms with E-state index in [1.807, 2.05) is 0 Å². The number of nitrogens with zero attached hydrogens (tertiary/aromatic N) is 1. The van der Waals surface area contributed by atoms with Crippen LogP contribution in [0.4, 0.5) is 14.5 Å². The van der Waals surface area contributed by atoms with Gasteiger partial charge in [-0.25, -0.2) is 13.6 Å². The van der Waals surface area contributed by atoms with Crippen LogP contribution in [0.3, 0.4) is 0 Å². The summed E-state index contributed by atoms with van der Waals surface area (Å²) in [4.78, 5) is 13.7. The molecule has 2 nitrogen and oxygen atoms in total. The Labute approximate surface area is 96.2 Å². The van der Waals surface area contributed by atoms with Crippen molar-refractivity contribution in [2.75, 3.05) is 0 Å². The minimum Gasteiger partial charge on any atom is -0.211 e. The van der Waals surface area contributed by atoms with Gasteiger partial charge < -0.3 is 0 Å². The van der Waals surface area contributed by atoms with Gasteiger partial charge in [-0.3, -0.25) is 0 Å². The molecular formula is C13H7F2NO. The molecule has 17 heavy (non-hydrogen) atoms. The van der Waals surface area contributed by atoms with Crippen molar-refractivity contribution in [3.05, 3.63) is 54.1 Å². The van der Waals surface area contributed by atoms with E-state index < -0.39 is 11.6 Å². The number of benzene rings is 2. The van der Waals surface area contributed by atoms with Gasteiger partial charge in [0.1, 0.15) is 11.6 Å². The molecule has 0 atom stereocenters. The van der Waals surface area contributed by atoms with Gasteiger partial charge in [0.25, 0.3) is 0 Å². The molecule has 0 unspecified atom stereocenters. The van der Waals surface area contributed by atoms with Gasteiger partial charge >= 0.3 is 0 Å². The zero-order valence-electron chi connectivity index (χ0n) is 8.65. The largest absolute Gasteiger partial charge is 0.240 e. The van der Waals surface area contributed by atoms with Gasteiger partial charge in [0.2, 0.25) is 6.08 Å². The molecule has 0 radical (unpaired) electrons. The first-order chi connectivity index (χ1) is 8.20. The summed E-state index contributed by atoms with van der Waals surface area (Å²) in [6.45, 7) is 0. The summed E-state index contributed by atoms with van der Waals surface area (Å²) in [5, 5.41) is 0. The Morgan fingerprint density at radius 2 is 1.65 bits per heavy atom. The molecule has 0 bridgehead atoms. The van der Waals surface area contributed by atoms with Crippen molar-refractivity contribution in [2.45, 2.75) is 0 Å². The lowest BCUT2D eigenvalue weighted by Gasteiger charge is -2.04. The summed E-state index contributed by atoms with van der Waals surface area (Å²) in [5.41, 5.74) is 1.14. The summed E-state index contributed by atoms with van der Waals surface area (Å²) in [6.07, 6.45) is 1.41. The molecule has 84 valence electrons. The molecule has 0 aliphatic heterocycles. The average molecular weight is 231 g/mol. The molecule has 0 aliphatic carbocycles. The smallest absolute Gasteiger partial charge is 0.211 e. The van der Waals surface area contributed by atoms with E-state index in [9.17, 15) is 13.6 Å². The Bertz CT molecular complexity index is 584. The van der Waals surface area contributed by atoms with Crippen molar-refractivity contribution in [3.8, 4) is 11.1 Å². The maximum absolute atomic E-state index is 13.1. The van der Waals surface area contributed by atoms with Crippen LogP contribution in [0.5, 0.6) is 0 Å². The topological polar surface area (TPSA) is 29.4 Å². The van der Waals surface area contributed by atoms with Crippen molar-refractivity contribution in [3.63, 3.8) is 0 Å². The van der Waals surface area contributed by atoms with E-state index in [0.29, 0.717) is 16.8 Å². The predicted molar refractivity (Wildman–Crippen MR) is 59.6 cm³/mol. The molecule has 2 rings (SSSR count). The Hall–Kier alpha value is -2.32. The Balaban J connectivity index is 2.63. The van der Waals surface area contributed by atoms with Crippen molar-refractivity contribution < 1.29 is 13.6 Å². The number of hydrogen-bond donors (Lipinski definition) is 0. The van der Waals surface area contributed by atoms with Crippen LogP contribution in [0.2, 0.25) is 0 Å². The number of carbonyl (C=O) groups excluding carboxylic acids is 1. The van der Waals surface area contributed by atoms with Crippen LogP contribution in [0.1, 0.15) is 0 Å². The van der Waals surface area contributed by atoms with E-state index in [0.717, 1.165) is 6.07 Å². The quantitative estimate of drug-likeness (QED) is 0.573. The third-order valence-corrected chi connectivity index (χ3v) is 2.24. The first-order valence-corrected chi connectivity index (χ1v) is 4.84. The lowest BCUT2D eigenvalue weighted by Crippen LogP contribution is -1.84. The van der Waals surface area contributed by atoms with Crippen LogP contribution in [0.25, 0.3) is 11.1 Å². The molecule has 0 saturated heterocycles. The van der Waals surface area contributed by atoms with Crippen LogP contribution >= 0.6 is 0 Å². The van der Waals surface area contributed by atoms with E-state index in [1.54, 1.807) is 24.3 Å². The van der Waals surface area contributed by atoms with Crippen LogP contribution in [-0.2, 0) is 4.79 Å². The summed E-state index contributed by atoms with van der Waals surface area (Å²) in [6, 6.07) is 9.73. The Morgan fingerprint density at radius 3 is 2.29 bits per heavy atom. The lowest BCUT2D eigenvalue weighted by molar-refractivity contribution is 0.565. The number of isocyanates is 1. The van der Waals surface area contributed by atoms with Gasteiger partial charge in [-0.05, 0) is 23.8 Å². The highest BCUT2D eigenvalue weighted by Crippen LogP contribution is 2.30. The SMILES string of the molecule is O=C=Nc1ccccc1-c1cc(F)cc(F)c1. The van der Waals surface area contributed by atoms with E-state index >= 15 is 0 Å². The van der Waals surface area contributed by atoms with Gasteiger partial charge in [-0.15, -0.1) is 0 Å². The molecule has 0 N–H and O–H groups in total. The fourth-order valence-corrected chi connectivity index (χ4v) is 1.57. The van der Waals surface area contributed by atoms with Crippen LogP contribution in [0.15, 0.2) is 47.5 Å². The van der Waals surface area contributed by atoms with Crippen LogP contribution in [-0.4, -0.2) is 6.08 Å². The van der Waals surface area contributed by atoms with Gasteiger partial charge in [-0.2, -0.15) is 4.99 Å². The molecule has 2 aromatic carbocycles. The summed E-state index contributed by atoms with van der Waals surface area (Å²) < 4.78 is 26.2. The summed E-state index contributed by atoms with van der Waals surface area (Å²) >= 11 is 0. The summed E-state index contributed by atoms with van der Waals surface area (Å²) in [7, 11) is 0. The minimum absolute atomic E-state index is 0.326. The van der Waals surface area contributed by atoms with Crippen molar-refractivity contribution >= 4 is 11.8 Å². The number of aliphatic imine (C=N–C) groups is 1. The second-order valence-corrected chi connectivity index (χ2v) is 3.38. The fraction of sp³-hybridized carbons (Fsp3) is 0. The average Bonchev–Trinajstić information content (AvgIpc) is 2.29. The highest BCUT2D eigenvalue weighted by atomic mass is 19.1. The number of para-hydroxylation sites is 1. The molecule has 0 saturated carbocycles. The first-order valence-electron chi connectivity index (χ1n) is 4.84. The normalized spacial score (nSPS) is 9.76. The molecular weight excluding hydrogens is 224 g/mol. The van der Waals surface area contributed by atoms with Gasteiger partial charge in [-0.1, -0.05) is 18.2 Å². The van der Waals surface area contributed by atoms with Crippen LogP contribution < -0.4 is 0 Å². The van der Waals surface area contributed by atoms with Gasteiger partial charge in [0, 0.05) is 11.6 Å². The fourth-order valence-electron chi connectivity index (χ4n) is 1.57. The maximum atomic E-state index is 13.1. The Kier molecular flexibility index (Phi) is 3.08. The van der Waals surface area contributed by atoms with Crippen molar-refractivity contribution in [1.29, 1.82) is 0 Å². The molecule has 0 spiro atoms. The number of halogens is 2. The van der Waals surface area contributed by atoms with Crippen LogP contribution in [0, 0.1) is 11.6 Å². The predicted octanol–water partition coefficient (Wildman–Crippen LogP) is 3.60.